The number of nitrogens with one attached hydrogen (secondary N) is 2. The molecule has 31 heavy (non-hydrogen) atoms. The van der Waals surface area contributed by atoms with E-state index in [0.29, 0.717) is 11.5 Å². The van der Waals surface area contributed by atoms with E-state index in [4.69, 9.17) is 4.74 Å². The molecule has 3 aromatic rings. The van der Waals surface area contributed by atoms with Crippen LogP contribution >= 0.6 is 11.8 Å². The lowest BCUT2D eigenvalue weighted by Gasteiger charge is -2.07. The molecule has 0 heterocycles. The number of rotatable bonds is 10. The molecule has 0 aliphatic heterocycles. The first-order valence-electron chi connectivity index (χ1n) is 9.70. The molecule has 0 aromatic heterocycles. The Hall–Kier alpha value is -3.58. The van der Waals surface area contributed by atoms with Gasteiger partial charge in [0.25, 0.3) is 5.91 Å². The smallest absolute Gasteiger partial charge is 0.262 e. The summed E-state index contributed by atoms with van der Waals surface area (Å²) in [6.45, 7) is -0.0843. The topological polar surface area (TPSA) is 79.8 Å². The third-order valence-electron chi connectivity index (χ3n) is 4.06. The zero-order chi connectivity index (χ0) is 21.7. The molecule has 0 spiro atoms. The number of carbonyl (C=O) groups excluding carboxylic acids is 2. The second-order valence-electron chi connectivity index (χ2n) is 6.54. The predicted molar refractivity (Wildman–Crippen MR) is 125 cm³/mol. The fourth-order valence-electron chi connectivity index (χ4n) is 2.56. The zero-order valence-electron chi connectivity index (χ0n) is 16.9. The first-order valence-corrected chi connectivity index (χ1v) is 10.9. The summed E-state index contributed by atoms with van der Waals surface area (Å²) in [6, 6.07) is 26.3. The SMILES string of the molecule is O=C(CSCc1ccccc1)N/N=C/c1ccc(OCC(=O)Nc2ccccc2)cc1. The second-order valence-corrected chi connectivity index (χ2v) is 7.53. The van der Waals surface area contributed by atoms with Gasteiger partial charge in [-0.25, -0.2) is 5.43 Å². The molecule has 3 aromatic carbocycles. The van der Waals surface area contributed by atoms with E-state index in [2.05, 4.69) is 15.8 Å². The fourth-order valence-corrected chi connectivity index (χ4v) is 3.34. The van der Waals surface area contributed by atoms with Gasteiger partial charge in [-0.1, -0.05) is 48.5 Å². The van der Waals surface area contributed by atoms with E-state index in [1.165, 1.54) is 17.3 Å². The highest BCUT2D eigenvalue weighted by Gasteiger charge is 2.04. The average Bonchev–Trinajstić information content (AvgIpc) is 2.80. The molecule has 0 fully saturated rings. The van der Waals surface area contributed by atoms with Crippen molar-refractivity contribution < 1.29 is 14.3 Å². The van der Waals surface area contributed by atoms with E-state index in [9.17, 15) is 9.59 Å². The molecule has 6 nitrogen and oxygen atoms in total. The molecule has 0 unspecified atom stereocenters. The van der Waals surface area contributed by atoms with Crippen LogP contribution in [0.1, 0.15) is 11.1 Å². The molecule has 0 saturated carbocycles. The van der Waals surface area contributed by atoms with Crippen molar-refractivity contribution in [3.63, 3.8) is 0 Å². The first kappa shape index (κ1) is 22.1. The maximum absolute atomic E-state index is 11.9. The molecule has 158 valence electrons. The molecular weight excluding hydrogens is 410 g/mol. The summed E-state index contributed by atoms with van der Waals surface area (Å²) in [4.78, 5) is 23.8. The molecule has 3 rings (SSSR count). The number of benzene rings is 3. The van der Waals surface area contributed by atoms with Crippen LogP contribution in [0.15, 0.2) is 90.0 Å². The number of amides is 2. The van der Waals surface area contributed by atoms with E-state index in [-0.39, 0.29) is 18.4 Å². The van der Waals surface area contributed by atoms with Crippen LogP contribution in [-0.2, 0) is 15.3 Å². The van der Waals surface area contributed by atoms with Crippen LogP contribution < -0.4 is 15.5 Å². The predicted octanol–water partition coefficient (Wildman–Crippen LogP) is 4.09. The number of nitrogens with zero attached hydrogens (tertiary/aromatic N) is 1. The minimum Gasteiger partial charge on any atom is -0.484 e. The molecule has 0 aliphatic carbocycles. The molecule has 0 aliphatic rings. The highest BCUT2D eigenvalue weighted by Crippen LogP contribution is 2.12. The number of thioether (sulfide) groups is 1. The first-order chi connectivity index (χ1) is 15.2. The standard InChI is InChI=1S/C24H23N3O3S/c28-23(26-21-9-5-2-6-10-21)16-30-22-13-11-19(12-14-22)15-25-27-24(29)18-31-17-20-7-3-1-4-8-20/h1-15H,16-18H2,(H,26,28)(H,27,29)/b25-15+. The number of anilines is 1. The van der Waals surface area contributed by atoms with Crippen molar-refractivity contribution in [3.8, 4) is 5.75 Å². The van der Waals surface area contributed by atoms with Crippen molar-refractivity contribution in [3.05, 3.63) is 96.1 Å². The van der Waals surface area contributed by atoms with Gasteiger partial charge in [-0.3, -0.25) is 9.59 Å². The van der Waals surface area contributed by atoms with Gasteiger partial charge in [-0.15, -0.1) is 11.8 Å². The van der Waals surface area contributed by atoms with E-state index in [1.807, 2.05) is 60.7 Å². The molecule has 2 N–H and O–H groups in total. The van der Waals surface area contributed by atoms with Crippen LogP contribution in [0.4, 0.5) is 5.69 Å². The Morgan fingerprint density at radius 1 is 0.871 bits per heavy atom. The van der Waals surface area contributed by atoms with Gasteiger partial charge in [-0.05, 0) is 47.5 Å². The van der Waals surface area contributed by atoms with Crippen molar-refractivity contribution in [1.82, 2.24) is 5.43 Å². The lowest BCUT2D eigenvalue weighted by Crippen LogP contribution is -2.20. The summed E-state index contributed by atoms with van der Waals surface area (Å²) in [5.74, 6) is 1.31. The molecule has 0 atom stereocenters. The number of carbonyl (C=O) groups is 2. The van der Waals surface area contributed by atoms with Crippen LogP contribution in [0.2, 0.25) is 0 Å². The van der Waals surface area contributed by atoms with Crippen molar-refractivity contribution in [2.24, 2.45) is 5.10 Å². The number of para-hydroxylation sites is 1. The molecule has 0 bridgehead atoms. The summed E-state index contributed by atoms with van der Waals surface area (Å²) >= 11 is 1.54. The van der Waals surface area contributed by atoms with Crippen molar-refractivity contribution in [2.75, 3.05) is 17.7 Å². The summed E-state index contributed by atoms with van der Waals surface area (Å²) in [6.07, 6.45) is 1.56. The van der Waals surface area contributed by atoms with Gasteiger partial charge in [0.1, 0.15) is 5.75 Å². The minimum absolute atomic E-state index is 0.0843. The van der Waals surface area contributed by atoms with Crippen LogP contribution in [-0.4, -0.2) is 30.4 Å². The van der Waals surface area contributed by atoms with Gasteiger partial charge in [0.2, 0.25) is 5.91 Å². The zero-order valence-corrected chi connectivity index (χ0v) is 17.7. The van der Waals surface area contributed by atoms with Crippen LogP contribution in [0.3, 0.4) is 0 Å². The normalized spacial score (nSPS) is 10.6. The van der Waals surface area contributed by atoms with E-state index < -0.39 is 0 Å². The van der Waals surface area contributed by atoms with E-state index in [0.717, 1.165) is 17.0 Å². The molecule has 0 radical (unpaired) electrons. The highest BCUT2D eigenvalue weighted by atomic mass is 32.2. The fraction of sp³-hybridized carbons (Fsp3) is 0.125. The Balaban J connectivity index is 1.35. The quantitative estimate of drug-likeness (QED) is 0.373. The lowest BCUT2D eigenvalue weighted by atomic mass is 10.2. The summed E-state index contributed by atoms with van der Waals surface area (Å²) in [5.41, 5.74) is 5.23. The number of hydrogen-bond acceptors (Lipinski definition) is 5. The Morgan fingerprint density at radius 3 is 2.26 bits per heavy atom. The van der Waals surface area contributed by atoms with Crippen molar-refractivity contribution in [1.29, 1.82) is 0 Å². The minimum atomic E-state index is -0.232. The van der Waals surface area contributed by atoms with Gasteiger partial charge in [-0.2, -0.15) is 5.10 Å². The summed E-state index contributed by atoms with van der Waals surface area (Å²) < 4.78 is 5.49. The summed E-state index contributed by atoms with van der Waals surface area (Å²) in [5, 5.41) is 6.73. The van der Waals surface area contributed by atoms with Crippen LogP contribution in [0.5, 0.6) is 5.75 Å². The molecule has 7 heteroatoms. The van der Waals surface area contributed by atoms with Crippen LogP contribution in [0.25, 0.3) is 0 Å². The Kier molecular flexibility index (Phi) is 8.70. The van der Waals surface area contributed by atoms with Crippen LogP contribution in [0, 0.1) is 0 Å². The lowest BCUT2D eigenvalue weighted by molar-refractivity contribution is -0.119. The molecular formula is C24H23N3O3S. The van der Waals surface area contributed by atoms with Crippen molar-refractivity contribution in [2.45, 2.75) is 5.75 Å². The van der Waals surface area contributed by atoms with Gasteiger partial charge in [0.15, 0.2) is 6.61 Å². The van der Waals surface area contributed by atoms with Gasteiger partial charge >= 0.3 is 0 Å². The maximum Gasteiger partial charge on any atom is 0.262 e. The maximum atomic E-state index is 11.9. The largest absolute Gasteiger partial charge is 0.484 e. The molecule has 2 amide bonds. The Labute approximate surface area is 185 Å². The van der Waals surface area contributed by atoms with E-state index in [1.54, 1.807) is 30.5 Å². The highest BCUT2D eigenvalue weighted by molar-refractivity contribution is 7.99. The monoisotopic (exact) mass is 433 g/mol. The van der Waals surface area contributed by atoms with Gasteiger partial charge in [0, 0.05) is 11.4 Å². The van der Waals surface area contributed by atoms with E-state index >= 15 is 0 Å². The number of hydrazone groups is 1. The van der Waals surface area contributed by atoms with Gasteiger partial charge in [0.05, 0.1) is 12.0 Å². The second kappa shape index (κ2) is 12.2. The third kappa shape index (κ3) is 8.36. The number of ether oxygens (including phenoxy) is 1. The number of hydrogen-bond donors (Lipinski definition) is 2. The Morgan fingerprint density at radius 2 is 1.55 bits per heavy atom. The third-order valence-corrected chi connectivity index (χ3v) is 5.06. The molecule has 0 saturated heterocycles. The van der Waals surface area contributed by atoms with Gasteiger partial charge < -0.3 is 10.1 Å². The van der Waals surface area contributed by atoms with Crippen molar-refractivity contribution >= 4 is 35.5 Å². The summed E-state index contributed by atoms with van der Waals surface area (Å²) in [7, 11) is 0. The Bertz CT molecular complexity index is 994. The average molecular weight is 434 g/mol.